The summed E-state index contributed by atoms with van der Waals surface area (Å²) in [5, 5.41) is 3.60. The van der Waals surface area contributed by atoms with Crippen molar-refractivity contribution in [2.75, 3.05) is 39.5 Å². The minimum absolute atomic E-state index is 0.120. The van der Waals surface area contributed by atoms with Gasteiger partial charge in [-0.15, -0.1) is 0 Å². The molecule has 0 bridgehead atoms. The van der Waals surface area contributed by atoms with Crippen molar-refractivity contribution in [2.24, 2.45) is 0 Å². The molecule has 6 rings (SSSR count). The lowest BCUT2D eigenvalue weighted by atomic mass is 10.0. The lowest BCUT2D eigenvalue weighted by Gasteiger charge is -2.36. The molecular weight excluding hydrogens is 441 g/mol. The van der Waals surface area contributed by atoms with Crippen molar-refractivity contribution in [3.63, 3.8) is 0 Å². The SMILES string of the molecule is O=c1ccc2ncc(F)c3c2n1[C@H](CN1CCC(NCc2cc4c(cn2)OCCO4)CC1)CO3. The van der Waals surface area contributed by atoms with Crippen molar-refractivity contribution in [1.82, 2.24) is 24.8 Å². The zero-order valence-corrected chi connectivity index (χ0v) is 18.7. The van der Waals surface area contributed by atoms with Gasteiger partial charge in [-0.2, -0.15) is 0 Å². The predicted molar refractivity (Wildman–Crippen MR) is 122 cm³/mol. The van der Waals surface area contributed by atoms with Crippen LogP contribution in [-0.4, -0.2) is 64.9 Å². The van der Waals surface area contributed by atoms with E-state index in [2.05, 4.69) is 20.2 Å². The van der Waals surface area contributed by atoms with Crippen LogP contribution in [0.5, 0.6) is 17.2 Å². The first kappa shape index (κ1) is 21.3. The zero-order valence-electron chi connectivity index (χ0n) is 18.7. The van der Waals surface area contributed by atoms with Gasteiger partial charge in [0.15, 0.2) is 23.1 Å². The Morgan fingerprint density at radius 2 is 1.88 bits per heavy atom. The van der Waals surface area contributed by atoms with Crippen molar-refractivity contribution in [2.45, 2.75) is 31.5 Å². The van der Waals surface area contributed by atoms with Gasteiger partial charge in [0.25, 0.3) is 5.56 Å². The number of fused-ring (bicyclic) bond motifs is 1. The fraction of sp³-hybridized carbons (Fsp3) is 0.458. The van der Waals surface area contributed by atoms with Gasteiger partial charge >= 0.3 is 0 Å². The molecule has 3 aliphatic heterocycles. The van der Waals surface area contributed by atoms with Crippen LogP contribution in [0.1, 0.15) is 24.6 Å². The Kier molecular flexibility index (Phi) is 5.54. The second-order valence-electron chi connectivity index (χ2n) is 8.95. The summed E-state index contributed by atoms with van der Waals surface area (Å²) in [7, 11) is 0. The van der Waals surface area contributed by atoms with E-state index < -0.39 is 5.82 Å². The maximum Gasteiger partial charge on any atom is 0.251 e. The summed E-state index contributed by atoms with van der Waals surface area (Å²) in [6.07, 6.45) is 4.85. The van der Waals surface area contributed by atoms with E-state index in [0.29, 0.717) is 49.1 Å². The van der Waals surface area contributed by atoms with Gasteiger partial charge in [-0.05, 0) is 32.0 Å². The minimum Gasteiger partial charge on any atom is -0.486 e. The molecule has 10 heteroatoms. The van der Waals surface area contributed by atoms with Crippen molar-refractivity contribution in [3.05, 3.63) is 52.5 Å². The monoisotopic (exact) mass is 467 g/mol. The number of rotatable bonds is 5. The maximum absolute atomic E-state index is 14.2. The summed E-state index contributed by atoms with van der Waals surface area (Å²) in [5.74, 6) is 1.04. The van der Waals surface area contributed by atoms with E-state index in [1.807, 2.05) is 6.07 Å². The number of likely N-dealkylation sites (tertiary alicyclic amines) is 1. The fourth-order valence-electron chi connectivity index (χ4n) is 5.01. The summed E-state index contributed by atoms with van der Waals surface area (Å²) in [6, 6.07) is 5.26. The normalized spacial score (nSPS) is 20.3. The van der Waals surface area contributed by atoms with E-state index in [1.165, 1.54) is 6.07 Å². The maximum atomic E-state index is 14.2. The number of piperidine rings is 1. The van der Waals surface area contributed by atoms with Crippen LogP contribution in [0.25, 0.3) is 11.0 Å². The molecule has 34 heavy (non-hydrogen) atoms. The number of nitrogens with one attached hydrogen (secondary N) is 1. The second-order valence-corrected chi connectivity index (χ2v) is 8.95. The van der Waals surface area contributed by atoms with E-state index in [-0.39, 0.29) is 24.0 Å². The van der Waals surface area contributed by atoms with E-state index in [1.54, 1.807) is 16.8 Å². The van der Waals surface area contributed by atoms with Crippen molar-refractivity contribution < 1.29 is 18.6 Å². The molecule has 178 valence electrons. The average Bonchev–Trinajstić information content (AvgIpc) is 2.87. The van der Waals surface area contributed by atoms with Gasteiger partial charge in [-0.1, -0.05) is 0 Å². The Labute approximate surface area is 195 Å². The molecule has 3 aromatic rings. The number of pyridine rings is 3. The number of hydrogen-bond acceptors (Lipinski definition) is 8. The van der Waals surface area contributed by atoms with E-state index >= 15 is 0 Å². The molecule has 6 heterocycles. The number of nitrogens with zero attached hydrogens (tertiary/aromatic N) is 4. The first-order chi connectivity index (χ1) is 16.7. The summed E-state index contributed by atoms with van der Waals surface area (Å²) >= 11 is 0. The third kappa shape index (κ3) is 3.97. The molecule has 1 saturated heterocycles. The summed E-state index contributed by atoms with van der Waals surface area (Å²) in [6.45, 7) is 4.54. The van der Waals surface area contributed by atoms with Gasteiger partial charge in [0, 0.05) is 31.3 Å². The highest BCUT2D eigenvalue weighted by Crippen LogP contribution is 2.33. The van der Waals surface area contributed by atoms with Crippen molar-refractivity contribution in [3.8, 4) is 17.2 Å². The molecule has 3 aliphatic rings. The van der Waals surface area contributed by atoms with Crippen LogP contribution in [0.4, 0.5) is 4.39 Å². The van der Waals surface area contributed by atoms with Crippen molar-refractivity contribution >= 4 is 11.0 Å². The third-order valence-electron chi connectivity index (χ3n) is 6.75. The second kappa shape index (κ2) is 8.84. The molecule has 0 spiro atoms. The van der Waals surface area contributed by atoms with Crippen LogP contribution in [0, 0.1) is 5.82 Å². The van der Waals surface area contributed by atoms with Crippen LogP contribution in [0.2, 0.25) is 0 Å². The van der Waals surface area contributed by atoms with Gasteiger partial charge < -0.3 is 24.4 Å². The summed E-state index contributed by atoms with van der Waals surface area (Å²) < 4.78 is 32.8. The molecule has 1 N–H and O–H groups in total. The minimum atomic E-state index is -0.537. The molecule has 0 aromatic carbocycles. The summed E-state index contributed by atoms with van der Waals surface area (Å²) in [5.41, 5.74) is 1.79. The Hall–Kier alpha value is -3.24. The van der Waals surface area contributed by atoms with E-state index in [4.69, 9.17) is 14.2 Å². The largest absolute Gasteiger partial charge is 0.486 e. The number of aromatic nitrogens is 3. The molecule has 1 fully saturated rings. The molecule has 3 aromatic heterocycles. The lowest BCUT2D eigenvalue weighted by molar-refractivity contribution is 0.137. The van der Waals surface area contributed by atoms with Crippen LogP contribution >= 0.6 is 0 Å². The molecule has 0 radical (unpaired) electrons. The Balaban J connectivity index is 1.07. The molecule has 9 nitrogen and oxygen atoms in total. The van der Waals surface area contributed by atoms with Crippen molar-refractivity contribution in [1.29, 1.82) is 0 Å². The van der Waals surface area contributed by atoms with Gasteiger partial charge in [-0.3, -0.25) is 19.3 Å². The molecule has 0 amide bonds. The first-order valence-electron chi connectivity index (χ1n) is 11.7. The van der Waals surface area contributed by atoms with Crippen LogP contribution in [-0.2, 0) is 6.54 Å². The Morgan fingerprint density at radius 3 is 2.74 bits per heavy atom. The number of hydrogen-bond donors (Lipinski definition) is 1. The first-order valence-corrected chi connectivity index (χ1v) is 11.7. The number of halogens is 1. The van der Waals surface area contributed by atoms with E-state index in [0.717, 1.165) is 43.6 Å². The average molecular weight is 468 g/mol. The number of ether oxygens (including phenoxy) is 3. The van der Waals surface area contributed by atoms with Crippen LogP contribution in [0.15, 0.2) is 35.4 Å². The standard InChI is InChI=1S/C24H26FN5O4/c25-18-11-28-19-1-2-22(31)30-17(14-34-24(18)23(19)30)13-29-5-3-15(4-6-29)26-10-16-9-20-21(12-27-16)33-8-7-32-20/h1-2,9,11-12,15,17,26H,3-8,10,13-14H2/t17-/m1/s1. The highest BCUT2D eigenvalue weighted by atomic mass is 19.1. The predicted octanol–water partition coefficient (Wildman–Crippen LogP) is 1.89. The molecule has 1 atom stereocenters. The van der Waals surface area contributed by atoms with Crippen LogP contribution in [0.3, 0.4) is 0 Å². The highest BCUT2D eigenvalue weighted by molar-refractivity contribution is 5.82. The Bertz CT molecular complexity index is 1270. The van der Waals surface area contributed by atoms with Gasteiger partial charge in [0.2, 0.25) is 0 Å². The van der Waals surface area contributed by atoms with Crippen LogP contribution < -0.4 is 25.1 Å². The molecule has 0 aliphatic carbocycles. The smallest absolute Gasteiger partial charge is 0.251 e. The third-order valence-corrected chi connectivity index (χ3v) is 6.75. The van der Waals surface area contributed by atoms with Gasteiger partial charge in [0.05, 0.1) is 29.6 Å². The van der Waals surface area contributed by atoms with Gasteiger partial charge in [0.1, 0.15) is 25.3 Å². The zero-order chi connectivity index (χ0) is 23.1. The van der Waals surface area contributed by atoms with E-state index in [9.17, 15) is 9.18 Å². The molecule has 0 unspecified atom stereocenters. The topological polar surface area (TPSA) is 90.7 Å². The molecular formula is C24H26FN5O4. The fourth-order valence-corrected chi connectivity index (χ4v) is 5.01. The quantitative estimate of drug-likeness (QED) is 0.609. The highest BCUT2D eigenvalue weighted by Gasteiger charge is 2.29. The lowest BCUT2D eigenvalue weighted by Crippen LogP contribution is -2.46. The summed E-state index contributed by atoms with van der Waals surface area (Å²) in [4.78, 5) is 23.6. The van der Waals surface area contributed by atoms with Gasteiger partial charge in [-0.25, -0.2) is 4.39 Å². The molecule has 0 saturated carbocycles. The Morgan fingerprint density at radius 1 is 1.06 bits per heavy atom.